The molecule has 2 rings (SSSR count). The largest absolute Gasteiger partial charge is 0.465 e. The van der Waals surface area contributed by atoms with Gasteiger partial charge in [-0.05, 0) is 18.2 Å². The van der Waals surface area contributed by atoms with Crippen LogP contribution < -0.4 is 4.90 Å². The molecule has 1 unspecified atom stereocenters. The van der Waals surface area contributed by atoms with Crippen LogP contribution >= 0.6 is 11.6 Å². The summed E-state index contributed by atoms with van der Waals surface area (Å²) in [5.74, 6) is -0.409. The third-order valence-corrected chi connectivity index (χ3v) is 2.76. The maximum Gasteiger partial charge on any atom is 0.337 e. The summed E-state index contributed by atoms with van der Waals surface area (Å²) in [5, 5.41) is 9.26. The number of carbonyl (C=O) groups is 1. The van der Waals surface area contributed by atoms with Crippen LogP contribution in [0.2, 0.25) is 5.02 Å². The first-order valence-corrected chi connectivity index (χ1v) is 5.09. The second-order valence-corrected chi connectivity index (χ2v) is 3.86. The van der Waals surface area contributed by atoms with Gasteiger partial charge >= 0.3 is 5.97 Å². The minimum absolute atomic E-state index is 0.134. The smallest absolute Gasteiger partial charge is 0.337 e. The van der Waals surface area contributed by atoms with E-state index in [1.807, 2.05) is 4.90 Å². The molecule has 5 heteroatoms. The van der Waals surface area contributed by atoms with E-state index < -0.39 is 5.97 Å². The highest BCUT2D eigenvalue weighted by Gasteiger charge is 2.35. The Morgan fingerprint density at radius 1 is 1.69 bits per heavy atom. The van der Waals surface area contributed by atoms with Crippen molar-refractivity contribution in [2.24, 2.45) is 0 Å². The fraction of sp³-hybridized carbons (Fsp3) is 0.273. The lowest BCUT2D eigenvalue weighted by Gasteiger charge is -2.07. The van der Waals surface area contributed by atoms with E-state index in [4.69, 9.17) is 16.9 Å². The maximum atomic E-state index is 11.3. The molecule has 0 radical (unpaired) electrons. The highest BCUT2D eigenvalue weighted by Crippen LogP contribution is 2.34. The Morgan fingerprint density at radius 3 is 3.00 bits per heavy atom. The van der Waals surface area contributed by atoms with Crippen molar-refractivity contribution in [1.82, 2.24) is 0 Å². The fourth-order valence-corrected chi connectivity index (χ4v) is 1.72. The Morgan fingerprint density at radius 2 is 2.44 bits per heavy atom. The van der Waals surface area contributed by atoms with Crippen LogP contribution in [0.15, 0.2) is 18.2 Å². The normalized spacial score (nSPS) is 17.8. The van der Waals surface area contributed by atoms with E-state index in [9.17, 15) is 4.79 Å². The van der Waals surface area contributed by atoms with Crippen LogP contribution in [0.4, 0.5) is 5.69 Å². The first-order chi connectivity index (χ1) is 7.67. The summed E-state index contributed by atoms with van der Waals surface area (Å²) in [6.45, 7) is 0.654. The molecule has 0 amide bonds. The first-order valence-electron chi connectivity index (χ1n) is 4.71. The van der Waals surface area contributed by atoms with Crippen LogP contribution in [0, 0.1) is 11.3 Å². The van der Waals surface area contributed by atoms with Gasteiger partial charge in [0.05, 0.1) is 36.0 Å². The Labute approximate surface area is 98.0 Å². The van der Waals surface area contributed by atoms with Gasteiger partial charge in [0.15, 0.2) is 0 Å². The molecule has 0 aromatic heterocycles. The number of hydrogen-bond acceptors (Lipinski definition) is 4. The van der Waals surface area contributed by atoms with Crippen molar-refractivity contribution in [3.05, 3.63) is 28.8 Å². The number of ether oxygens (including phenoxy) is 1. The minimum Gasteiger partial charge on any atom is -0.465 e. The first kappa shape index (κ1) is 10.8. The number of esters is 1. The lowest BCUT2D eigenvalue weighted by atomic mass is 10.2. The van der Waals surface area contributed by atoms with E-state index in [0.717, 1.165) is 0 Å². The molecule has 0 N–H and O–H groups in total. The van der Waals surface area contributed by atoms with Gasteiger partial charge < -0.3 is 9.64 Å². The zero-order valence-corrected chi connectivity index (χ0v) is 9.36. The van der Waals surface area contributed by atoms with Gasteiger partial charge in [0.2, 0.25) is 0 Å². The van der Waals surface area contributed by atoms with Crippen LogP contribution in [0.25, 0.3) is 0 Å². The number of methoxy groups -OCH3 is 1. The standard InChI is InChI=1S/C11H9ClN2O2/c1-16-11(15)7-2-3-9(12)10(4-7)14-6-8(14)5-13/h2-4,8H,6H2,1H3. The molecule has 1 fully saturated rings. The number of benzene rings is 1. The van der Waals surface area contributed by atoms with Crippen molar-refractivity contribution in [3.63, 3.8) is 0 Å². The Kier molecular flexibility index (Phi) is 2.71. The predicted octanol–water partition coefficient (Wildman–Crippen LogP) is 1.84. The van der Waals surface area contributed by atoms with Gasteiger partial charge in [-0.2, -0.15) is 5.26 Å². The van der Waals surface area contributed by atoms with E-state index in [-0.39, 0.29) is 6.04 Å². The summed E-state index contributed by atoms with van der Waals surface area (Å²) < 4.78 is 4.62. The number of hydrogen-bond donors (Lipinski definition) is 0. The summed E-state index contributed by atoms with van der Waals surface area (Å²) in [6, 6.07) is 6.87. The van der Waals surface area contributed by atoms with Gasteiger partial charge in [0.1, 0.15) is 6.04 Å². The average Bonchev–Trinajstić information content (AvgIpc) is 3.08. The molecule has 1 saturated heterocycles. The Bertz CT molecular complexity index is 481. The predicted molar refractivity (Wildman–Crippen MR) is 59.5 cm³/mol. The average molecular weight is 237 g/mol. The molecule has 1 heterocycles. The van der Waals surface area contributed by atoms with Crippen LogP contribution in [-0.4, -0.2) is 25.7 Å². The van der Waals surface area contributed by atoms with Crippen molar-refractivity contribution in [2.45, 2.75) is 6.04 Å². The molecule has 1 aromatic carbocycles. The third-order valence-electron chi connectivity index (χ3n) is 2.44. The second kappa shape index (κ2) is 4.03. The van der Waals surface area contributed by atoms with Crippen molar-refractivity contribution >= 4 is 23.3 Å². The lowest BCUT2D eigenvalue weighted by molar-refractivity contribution is 0.0601. The van der Waals surface area contributed by atoms with Crippen LogP contribution in [0.5, 0.6) is 0 Å². The molecular formula is C11H9ClN2O2. The molecule has 0 bridgehead atoms. The van der Waals surface area contributed by atoms with Crippen LogP contribution in [0.3, 0.4) is 0 Å². The fourth-order valence-electron chi connectivity index (χ4n) is 1.49. The molecule has 0 saturated carbocycles. The van der Waals surface area contributed by atoms with E-state index >= 15 is 0 Å². The maximum absolute atomic E-state index is 11.3. The number of rotatable bonds is 2. The van der Waals surface area contributed by atoms with Crippen LogP contribution in [0.1, 0.15) is 10.4 Å². The molecule has 1 aromatic rings. The van der Waals surface area contributed by atoms with Crippen molar-refractivity contribution in [1.29, 1.82) is 5.26 Å². The van der Waals surface area contributed by atoms with E-state index in [1.54, 1.807) is 18.2 Å². The zero-order valence-electron chi connectivity index (χ0n) is 8.61. The molecule has 4 nitrogen and oxygen atoms in total. The monoisotopic (exact) mass is 236 g/mol. The van der Waals surface area contributed by atoms with E-state index in [0.29, 0.717) is 22.8 Å². The SMILES string of the molecule is COC(=O)c1ccc(Cl)c(N2CC2C#N)c1. The molecule has 1 aliphatic heterocycles. The number of nitriles is 1. The van der Waals surface area contributed by atoms with E-state index in [2.05, 4.69) is 10.8 Å². The van der Waals surface area contributed by atoms with Crippen molar-refractivity contribution in [2.75, 3.05) is 18.6 Å². The second-order valence-electron chi connectivity index (χ2n) is 3.46. The molecule has 0 spiro atoms. The third kappa shape index (κ3) is 1.82. The summed E-state index contributed by atoms with van der Waals surface area (Å²) in [4.78, 5) is 13.2. The van der Waals surface area contributed by atoms with Gasteiger partial charge in [0.25, 0.3) is 0 Å². The molecule has 1 atom stereocenters. The minimum atomic E-state index is -0.409. The highest BCUT2D eigenvalue weighted by molar-refractivity contribution is 6.33. The number of halogens is 1. The zero-order chi connectivity index (χ0) is 11.7. The van der Waals surface area contributed by atoms with Crippen molar-refractivity contribution in [3.8, 4) is 6.07 Å². The summed E-state index contributed by atoms with van der Waals surface area (Å²) >= 11 is 6.00. The van der Waals surface area contributed by atoms with Gasteiger partial charge in [-0.1, -0.05) is 11.6 Å². The summed E-state index contributed by atoms with van der Waals surface area (Å²) in [6.07, 6.45) is 0. The topological polar surface area (TPSA) is 53.1 Å². The molecule has 16 heavy (non-hydrogen) atoms. The number of nitrogens with zero attached hydrogens (tertiary/aromatic N) is 2. The van der Waals surface area contributed by atoms with E-state index in [1.165, 1.54) is 7.11 Å². The molecule has 82 valence electrons. The lowest BCUT2D eigenvalue weighted by Crippen LogP contribution is -2.04. The van der Waals surface area contributed by atoms with Crippen molar-refractivity contribution < 1.29 is 9.53 Å². The molecule has 0 aliphatic carbocycles. The highest BCUT2D eigenvalue weighted by atomic mass is 35.5. The molecular weight excluding hydrogens is 228 g/mol. The van der Waals surface area contributed by atoms with Gasteiger partial charge in [-0.25, -0.2) is 4.79 Å². The number of carbonyl (C=O) groups excluding carboxylic acids is 1. The van der Waals surface area contributed by atoms with Crippen LogP contribution in [-0.2, 0) is 4.74 Å². The number of anilines is 1. The van der Waals surface area contributed by atoms with Gasteiger partial charge in [-0.15, -0.1) is 0 Å². The molecule has 1 aliphatic rings. The summed E-state index contributed by atoms with van der Waals surface area (Å²) in [7, 11) is 1.33. The quantitative estimate of drug-likeness (QED) is 0.581. The van der Waals surface area contributed by atoms with Gasteiger partial charge in [-0.3, -0.25) is 0 Å². The summed E-state index contributed by atoms with van der Waals surface area (Å²) in [5.41, 5.74) is 1.14. The Balaban J connectivity index is 2.31. The van der Waals surface area contributed by atoms with Gasteiger partial charge in [0, 0.05) is 0 Å². The Hall–Kier alpha value is -1.73.